The summed E-state index contributed by atoms with van der Waals surface area (Å²) in [6.07, 6.45) is 0.777. The number of nitrogens with one attached hydrogen (secondary N) is 1. The van der Waals surface area contributed by atoms with E-state index in [9.17, 15) is 15.2 Å². The van der Waals surface area contributed by atoms with Crippen LogP contribution in [0.1, 0.15) is 25.8 Å². The Bertz CT molecular complexity index is 433. The molecule has 0 aliphatic rings. The van der Waals surface area contributed by atoms with Crippen LogP contribution in [0, 0.1) is 10.1 Å². The fourth-order valence-corrected chi connectivity index (χ4v) is 1.98. The van der Waals surface area contributed by atoms with Crippen molar-refractivity contribution >= 4 is 21.6 Å². The average molecular weight is 317 g/mol. The molecule has 0 aliphatic heterocycles. The predicted octanol–water partition coefficient (Wildman–Crippen LogP) is 2.61. The van der Waals surface area contributed by atoms with E-state index in [1.807, 2.05) is 19.9 Å². The van der Waals surface area contributed by atoms with E-state index < -0.39 is 4.92 Å². The quantitative estimate of drug-likeness (QED) is 0.625. The van der Waals surface area contributed by atoms with Gasteiger partial charge < -0.3 is 10.4 Å². The first-order chi connectivity index (χ1) is 8.40. The largest absolute Gasteiger partial charge is 0.394 e. The van der Waals surface area contributed by atoms with Crippen molar-refractivity contribution in [1.29, 1.82) is 0 Å². The van der Waals surface area contributed by atoms with Crippen LogP contribution in [0.15, 0.2) is 22.7 Å². The Kier molecular flexibility index (Phi) is 5.25. The van der Waals surface area contributed by atoms with Gasteiger partial charge in [-0.3, -0.25) is 10.1 Å². The van der Waals surface area contributed by atoms with Gasteiger partial charge in [-0.15, -0.1) is 0 Å². The lowest BCUT2D eigenvalue weighted by atomic mass is 10.00. The molecule has 2 N–H and O–H groups in total. The Morgan fingerprint density at radius 1 is 1.50 bits per heavy atom. The van der Waals surface area contributed by atoms with Crippen LogP contribution in [0.25, 0.3) is 0 Å². The molecule has 0 bridgehead atoms. The molecule has 6 heteroatoms. The summed E-state index contributed by atoms with van der Waals surface area (Å²) >= 11 is 3.25. The molecule has 0 radical (unpaired) electrons. The standard InChI is InChI=1S/C12H17BrN2O3/c1-3-12(2,8-16)14-7-9-4-10(13)6-11(5-9)15(17)18/h4-6,14,16H,3,7-8H2,1-2H3. The number of aliphatic hydroxyl groups excluding tert-OH is 1. The molecule has 1 unspecified atom stereocenters. The average Bonchev–Trinajstić information content (AvgIpc) is 2.35. The molecule has 0 amide bonds. The highest BCUT2D eigenvalue weighted by atomic mass is 79.9. The predicted molar refractivity (Wildman–Crippen MR) is 73.4 cm³/mol. The summed E-state index contributed by atoms with van der Waals surface area (Å²) in [4.78, 5) is 10.3. The second-order valence-electron chi connectivity index (χ2n) is 4.50. The molecule has 0 aromatic heterocycles. The fourth-order valence-electron chi connectivity index (χ4n) is 1.45. The molecule has 1 aromatic rings. The lowest BCUT2D eigenvalue weighted by Crippen LogP contribution is -2.44. The van der Waals surface area contributed by atoms with Crippen LogP contribution in [0.5, 0.6) is 0 Å². The highest BCUT2D eigenvalue weighted by Crippen LogP contribution is 2.22. The molecule has 1 rings (SSSR count). The Morgan fingerprint density at radius 2 is 2.17 bits per heavy atom. The third kappa shape index (κ3) is 4.04. The number of benzene rings is 1. The number of nitrogens with zero attached hydrogens (tertiary/aromatic N) is 1. The van der Waals surface area contributed by atoms with Gasteiger partial charge in [-0.05, 0) is 25.0 Å². The zero-order valence-electron chi connectivity index (χ0n) is 10.4. The van der Waals surface area contributed by atoms with Gasteiger partial charge in [0.1, 0.15) is 0 Å². The molecular weight excluding hydrogens is 300 g/mol. The van der Waals surface area contributed by atoms with E-state index in [2.05, 4.69) is 21.2 Å². The van der Waals surface area contributed by atoms with Gasteiger partial charge >= 0.3 is 0 Å². The molecule has 0 fully saturated rings. The molecule has 0 saturated heterocycles. The number of hydrogen-bond donors (Lipinski definition) is 2. The molecule has 0 saturated carbocycles. The maximum Gasteiger partial charge on any atom is 0.270 e. The molecular formula is C12H17BrN2O3. The van der Waals surface area contributed by atoms with Gasteiger partial charge in [-0.2, -0.15) is 0 Å². The van der Waals surface area contributed by atoms with Gasteiger partial charge in [-0.25, -0.2) is 0 Å². The van der Waals surface area contributed by atoms with E-state index in [0.717, 1.165) is 12.0 Å². The summed E-state index contributed by atoms with van der Waals surface area (Å²) in [6, 6.07) is 4.83. The number of nitro benzene ring substituents is 1. The topological polar surface area (TPSA) is 75.4 Å². The number of hydrogen-bond acceptors (Lipinski definition) is 4. The molecule has 0 heterocycles. The monoisotopic (exact) mass is 316 g/mol. The van der Waals surface area contributed by atoms with Gasteiger partial charge in [0.25, 0.3) is 5.69 Å². The second kappa shape index (κ2) is 6.26. The normalized spacial score (nSPS) is 14.2. The van der Waals surface area contributed by atoms with Gasteiger partial charge in [0.2, 0.25) is 0 Å². The third-order valence-corrected chi connectivity index (χ3v) is 3.46. The van der Waals surface area contributed by atoms with Crippen molar-refractivity contribution in [2.45, 2.75) is 32.4 Å². The Balaban J connectivity index is 2.82. The molecule has 0 aliphatic carbocycles. The van der Waals surface area contributed by atoms with Crippen molar-refractivity contribution in [1.82, 2.24) is 5.32 Å². The van der Waals surface area contributed by atoms with E-state index >= 15 is 0 Å². The smallest absolute Gasteiger partial charge is 0.270 e. The van der Waals surface area contributed by atoms with Crippen molar-refractivity contribution in [3.8, 4) is 0 Å². The Hall–Kier alpha value is -0.980. The summed E-state index contributed by atoms with van der Waals surface area (Å²) in [5.41, 5.74) is 0.504. The first kappa shape index (κ1) is 15.1. The van der Waals surface area contributed by atoms with Crippen molar-refractivity contribution < 1.29 is 10.0 Å². The maximum atomic E-state index is 10.7. The van der Waals surface area contributed by atoms with Gasteiger partial charge in [0.15, 0.2) is 0 Å². The zero-order chi connectivity index (χ0) is 13.8. The van der Waals surface area contributed by atoms with Gasteiger partial charge in [-0.1, -0.05) is 22.9 Å². The molecule has 0 spiro atoms. The highest BCUT2D eigenvalue weighted by Gasteiger charge is 2.20. The SMILES string of the molecule is CCC(C)(CO)NCc1cc(Br)cc([N+](=O)[O-])c1. The first-order valence-electron chi connectivity index (χ1n) is 5.70. The molecule has 1 atom stereocenters. The number of rotatable bonds is 6. The van der Waals surface area contributed by atoms with Crippen molar-refractivity contribution in [3.05, 3.63) is 38.3 Å². The van der Waals surface area contributed by atoms with E-state index in [1.54, 1.807) is 0 Å². The second-order valence-corrected chi connectivity index (χ2v) is 5.42. The zero-order valence-corrected chi connectivity index (χ0v) is 12.0. The number of non-ortho nitro benzene ring substituents is 1. The van der Waals surface area contributed by atoms with E-state index in [-0.39, 0.29) is 17.8 Å². The minimum Gasteiger partial charge on any atom is -0.394 e. The summed E-state index contributed by atoms with van der Waals surface area (Å²) < 4.78 is 0.677. The van der Waals surface area contributed by atoms with E-state index in [4.69, 9.17) is 0 Å². The van der Waals surface area contributed by atoms with Crippen LogP contribution < -0.4 is 5.32 Å². The van der Waals surface area contributed by atoms with Crippen molar-refractivity contribution in [3.63, 3.8) is 0 Å². The molecule has 100 valence electrons. The van der Waals surface area contributed by atoms with Crippen molar-refractivity contribution in [2.75, 3.05) is 6.61 Å². The minimum atomic E-state index is -0.417. The minimum absolute atomic E-state index is 0.0274. The summed E-state index contributed by atoms with van der Waals surface area (Å²) in [5, 5.41) is 23.2. The van der Waals surface area contributed by atoms with E-state index in [0.29, 0.717) is 11.0 Å². The van der Waals surface area contributed by atoms with Crippen molar-refractivity contribution in [2.24, 2.45) is 0 Å². The lowest BCUT2D eigenvalue weighted by molar-refractivity contribution is -0.385. The van der Waals surface area contributed by atoms with E-state index in [1.165, 1.54) is 12.1 Å². The van der Waals surface area contributed by atoms with Crippen LogP contribution in [0.4, 0.5) is 5.69 Å². The summed E-state index contributed by atoms with van der Waals surface area (Å²) in [6.45, 7) is 4.40. The maximum absolute atomic E-state index is 10.7. The molecule has 1 aromatic carbocycles. The van der Waals surface area contributed by atoms with Crippen LogP contribution in [-0.2, 0) is 6.54 Å². The van der Waals surface area contributed by atoms with Gasteiger partial charge in [0.05, 0.1) is 11.5 Å². The third-order valence-electron chi connectivity index (χ3n) is 3.00. The molecule has 5 nitrogen and oxygen atoms in total. The lowest BCUT2D eigenvalue weighted by Gasteiger charge is -2.27. The first-order valence-corrected chi connectivity index (χ1v) is 6.49. The number of halogens is 1. The number of aliphatic hydroxyl groups is 1. The Labute approximate surface area is 114 Å². The summed E-state index contributed by atoms with van der Waals surface area (Å²) in [7, 11) is 0. The highest BCUT2D eigenvalue weighted by molar-refractivity contribution is 9.10. The Morgan fingerprint density at radius 3 is 2.67 bits per heavy atom. The van der Waals surface area contributed by atoms with Crippen LogP contribution in [-0.4, -0.2) is 22.2 Å². The summed E-state index contributed by atoms with van der Waals surface area (Å²) in [5.74, 6) is 0. The van der Waals surface area contributed by atoms with Crippen LogP contribution in [0.2, 0.25) is 0 Å². The molecule has 18 heavy (non-hydrogen) atoms. The van der Waals surface area contributed by atoms with Crippen LogP contribution in [0.3, 0.4) is 0 Å². The van der Waals surface area contributed by atoms with Crippen LogP contribution >= 0.6 is 15.9 Å². The number of nitro groups is 1. The fraction of sp³-hybridized carbons (Fsp3) is 0.500. The van der Waals surface area contributed by atoms with Gasteiger partial charge in [0, 0.05) is 28.7 Å².